The Morgan fingerprint density at radius 1 is 1.06 bits per heavy atom. The van der Waals surface area contributed by atoms with E-state index < -0.39 is 0 Å². The maximum atomic E-state index is 10.2. The fourth-order valence-electron chi connectivity index (χ4n) is 3.51. The lowest BCUT2D eigenvalue weighted by Crippen LogP contribution is -2.21. The third kappa shape index (κ3) is 4.79. The summed E-state index contributed by atoms with van der Waals surface area (Å²) in [6.07, 6.45) is 2.55. The van der Waals surface area contributed by atoms with E-state index in [2.05, 4.69) is 36.2 Å². The van der Waals surface area contributed by atoms with Crippen LogP contribution in [0.2, 0.25) is 0 Å². The van der Waals surface area contributed by atoms with Gasteiger partial charge in [-0.3, -0.25) is 0 Å². The molecular weight excluding hydrogens is 474 g/mol. The number of nitrogens with one attached hydrogen (secondary N) is 1. The SMILES string of the molecule is CN(CCCNc1cc(-c2ccccc2O)nc2c(Br)cnn12)Cc1ccc(O)cc1O. The molecule has 0 spiro atoms. The number of aromatic hydroxyl groups is 3. The molecule has 0 radical (unpaired) electrons. The Labute approximate surface area is 193 Å². The molecule has 0 aliphatic heterocycles. The number of para-hydroxylation sites is 1. The standard InChI is InChI=1S/C23H24BrN5O3/c1-28(14-15-7-8-16(30)11-21(15)32)10-4-9-25-22-12-19(17-5-2-3-6-20(17)31)27-23-18(24)13-26-29(22)23/h2-3,5-8,11-13,25,30-32H,4,9-10,14H2,1H3. The lowest BCUT2D eigenvalue weighted by molar-refractivity contribution is 0.318. The van der Waals surface area contributed by atoms with Crippen LogP contribution in [-0.2, 0) is 6.54 Å². The van der Waals surface area contributed by atoms with Crippen LogP contribution in [0.25, 0.3) is 16.9 Å². The van der Waals surface area contributed by atoms with Crippen LogP contribution in [0.15, 0.2) is 59.2 Å². The molecule has 0 saturated heterocycles. The van der Waals surface area contributed by atoms with Crippen LogP contribution < -0.4 is 5.32 Å². The van der Waals surface area contributed by atoms with Crippen molar-refractivity contribution in [2.75, 3.05) is 25.5 Å². The number of halogens is 1. The molecule has 0 amide bonds. The van der Waals surface area contributed by atoms with E-state index in [1.165, 1.54) is 6.07 Å². The molecule has 166 valence electrons. The Morgan fingerprint density at radius 2 is 1.88 bits per heavy atom. The van der Waals surface area contributed by atoms with Crippen molar-refractivity contribution >= 4 is 27.4 Å². The first-order chi connectivity index (χ1) is 15.4. The molecule has 0 unspecified atom stereocenters. The van der Waals surface area contributed by atoms with Crippen LogP contribution in [0.5, 0.6) is 17.2 Å². The summed E-state index contributed by atoms with van der Waals surface area (Å²) in [4.78, 5) is 6.75. The highest BCUT2D eigenvalue weighted by Gasteiger charge is 2.13. The van der Waals surface area contributed by atoms with E-state index in [0.717, 1.165) is 28.8 Å². The van der Waals surface area contributed by atoms with Crippen molar-refractivity contribution in [1.29, 1.82) is 0 Å². The zero-order valence-corrected chi connectivity index (χ0v) is 19.1. The van der Waals surface area contributed by atoms with E-state index in [9.17, 15) is 15.3 Å². The summed E-state index contributed by atoms with van der Waals surface area (Å²) in [6.45, 7) is 2.08. The number of nitrogens with zero attached hydrogens (tertiary/aromatic N) is 4. The number of phenols is 3. The second-order valence-corrected chi connectivity index (χ2v) is 8.46. The van der Waals surface area contributed by atoms with E-state index in [-0.39, 0.29) is 17.2 Å². The fourth-order valence-corrected chi connectivity index (χ4v) is 3.86. The van der Waals surface area contributed by atoms with Crippen molar-refractivity contribution in [1.82, 2.24) is 19.5 Å². The van der Waals surface area contributed by atoms with E-state index in [1.807, 2.05) is 25.2 Å². The minimum Gasteiger partial charge on any atom is -0.508 e. The average Bonchev–Trinajstić information content (AvgIpc) is 3.14. The minimum atomic E-state index is 0.0511. The van der Waals surface area contributed by atoms with Gasteiger partial charge in [0.25, 0.3) is 0 Å². The Bertz CT molecular complexity index is 1240. The summed E-state index contributed by atoms with van der Waals surface area (Å²) < 4.78 is 2.50. The highest BCUT2D eigenvalue weighted by Crippen LogP contribution is 2.31. The predicted octanol–water partition coefficient (Wildman–Crippen LogP) is 4.21. The fraction of sp³-hybridized carbons (Fsp3) is 0.217. The molecule has 4 rings (SSSR count). The molecule has 4 aromatic rings. The number of fused-ring (bicyclic) bond motifs is 1. The highest BCUT2D eigenvalue weighted by molar-refractivity contribution is 9.10. The van der Waals surface area contributed by atoms with E-state index in [4.69, 9.17) is 0 Å². The van der Waals surface area contributed by atoms with Crippen LogP contribution in [0, 0.1) is 0 Å². The molecular formula is C23H24BrN5O3. The first kappa shape index (κ1) is 21.9. The number of aromatic nitrogens is 3. The molecule has 8 nitrogen and oxygen atoms in total. The number of anilines is 1. The summed E-state index contributed by atoms with van der Waals surface area (Å²) in [5.41, 5.74) is 2.73. The largest absolute Gasteiger partial charge is 0.508 e. The second kappa shape index (κ2) is 9.46. The molecule has 0 atom stereocenters. The third-order valence-electron chi connectivity index (χ3n) is 5.14. The smallest absolute Gasteiger partial charge is 0.172 e. The van der Waals surface area contributed by atoms with Gasteiger partial charge in [0, 0.05) is 36.3 Å². The summed E-state index contributed by atoms with van der Waals surface area (Å²) in [6, 6.07) is 13.6. The van der Waals surface area contributed by atoms with Crippen LogP contribution in [0.1, 0.15) is 12.0 Å². The maximum Gasteiger partial charge on any atom is 0.172 e. The van der Waals surface area contributed by atoms with Gasteiger partial charge in [-0.05, 0) is 54.1 Å². The van der Waals surface area contributed by atoms with Gasteiger partial charge in [-0.15, -0.1) is 0 Å². The zero-order chi connectivity index (χ0) is 22.7. The summed E-state index contributed by atoms with van der Waals surface area (Å²) >= 11 is 3.49. The molecule has 4 N–H and O–H groups in total. The zero-order valence-electron chi connectivity index (χ0n) is 17.5. The van der Waals surface area contributed by atoms with Crippen molar-refractivity contribution in [3.63, 3.8) is 0 Å². The van der Waals surface area contributed by atoms with Crippen molar-refractivity contribution in [2.24, 2.45) is 0 Å². The summed E-state index contributed by atoms with van der Waals surface area (Å²) in [5, 5.41) is 37.4. The van der Waals surface area contributed by atoms with Gasteiger partial charge in [0.2, 0.25) is 0 Å². The minimum absolute atomic E-state index is 0.0511. The molecule has 2 heterocycles. The van der Waals surface area contributed by atoms with Crippen LogP contribution in [0.4, 0.5) is 5.82 Å². The van der Waals surface area contributed by atoms with Gasteiger partial charge in [-0.2, -0.15) is 9.61 Å². The van der Waals surface area contributed by atoms with E-state index in [1.54, 1.807) is 35.0 Å². The van der Waals surface area contributed by atoms with Gasteiger partial charge < -0.3 is 25.5 Å². The molecule has 0 bridgehead atoms. The Balaban J connectivity index is 1.43. The second-order valence-electron chi connectivity index (χ2n) is 7.60. The summed E-state index contributed by atoms with van der Waals surface area (Å²) in [7, 11) is 1.98. The predicted molar refractivity (Wildman–Crippen MR) is 127 cm³/mol. The van der Waals surface area contributed by atoms with Gasteiger partial charge in [-0.1, -0.05) is 18.2 Å². The van der Waals surface area contributed by atoms with Crippen molar-refractivity contribution in [3.8, 4) is 28.5 Å². The maximum absolute atomic E-state index is 10.2. The van der Waals surface area contributed by atoms with Gasteiger partial charge in [-0.25, -0.2) is 4.98 Å². The van der Waals surface area contributed by atoms with Crippen molar-refractivity contribution in [2.45, 2.75) is 13.0 Å². The monoisotopic (exact) mass is 497 g/mol. The average molecular weight is 498 g/mol. The van der Waals surface area contributed by atoms with Gasteiger partial charge in [0.15, 0.2) is 5.65 Å². The van der Waals surface area contributed by atoms with E-state index in [0.29, 0.717) is 30.0 Å². The molecule has 9 heteroatoms. The number of benzene rings is 2. The molecule has 0 aliphatic carbocycles. The molecule has 0 fully saturated rings. The lowest BCUT2D eigenvalue weighted by Gasteiger charge is -2.18. The molecule has 2 aromatic carbocycles. The number of hydrogen-bond donors (Lipinski definition) is 4. The first-order valence-corrected chi connectivity index (χ1v) is 11.0. The topological polar surface area (TPSA) is 106 Å². The quantitative estimate of drug-likeness (QED) is 0.270. The Kier molecular flexibility index (Phi) is 6.48. The third-order valence-corrected chi connectivity index (χ3v) is 5.70. The van der Waals surface area contributed by atoms with Crippen molar-refractivity contribution in [3.05, 3.63) is 64.8 Å². The van der Waals surface area contributed by atoms with Crippen LogP contribution >= 0.6 is 15.9 Å². The molecule has 32 heavy (non-hydrogen) atoms. The van der Waals surface area contributed by atoms with Gasteiger partial charge >= 0.3 is 0 Å². The summed E-state index contributed by atoms with van der Waals surface area (Å²) in [5.74, 6) is 1.09. The van der Waals surface area contributed by atoms with Gasteiger partial charge in [0.1, 0.15) is 23.1 Å². The van der Waals surface area contributed by atoms with Crippen LogP contribution in [-0.4, -0.2) is 55.0 Å². The normalized spacial score (nSPS) is 11.3. The van der Waals surface area contributed by atoms with Crippen LogP contribution in [0.3, 0.4) is 0 Å². The van der Waals surface area contributed by atoms with Crippen molar-refractivity contribution < 1.29 is 15.3 Å². The first-order valence-electron chi connectivity index (χ1n) is 10.2. The molecule has 0 aliphatic rings. The molecule has 0 saturated carbocycles. The van der Waals surface area contributed by atoms with Gasteiger partial charge in [0.05, 0.1) is 16.4 Å². The highest BCUT2D eigenvalue weighted by atomic mass is 79.9. The Morgan fingerprint density at radius 3 is 2.66 bits per heavy atom. The van der Waals surface area contributed by atoms with E-state index >= 15 is 0 Å². The Hall–Kier alpha value is -3.30. The number of hydrogen-bond acceptors (Lipinski definition) is 7. The molecule has 2 aromatic heterocycles. The number of rotatable bonds is 8. The number of phenolic OH excluding ortho intramolecular Hbond substituents is 3. The lowest BCUT2D eigenvalue weighted by atomic mass is 10.1.